The third kappa shape index (κ3) is 4.61. The fraction of sp³-hybridized carbons (Fsp3) is 0.455. The molecule has 16 heavy (non-hydrogen) atoms. The van der Waals surface area contributed by atoms with Gasteiger partial charge in [-0.15, -0.1) is 0 Å². The van der Waals surface area contributed by atoms with Crippen LogP contribution in [-0.4, -0.2) is 27.0 Å². The van der Waals surface area contributed by atoms with Gasteiger partial charge < -0.3 is 4.74 Å². The van der Waals surface area contributed by atoms with E-state index in [-0.39, 0.29) is 18.2 Å². The van der Waals surface area contributed by atoms with E-state index in [0.717, 1.165) is 5.56 Å². The normalized spacial score (nSPS) is 11.4. The van der Waals surface area contributed by atoms with E-state index >= 15 is 0 Å². The van der Waals surface area contributed by atoms with Gasteiger partial charge in [-0.1, -0.05) is 6.07 Å². The van der Waals surface area contributed by atoms with Crippen LogP contribution in [0.3, 0.4) is 0 Å². The van der Waals surface area contributed by atoms with Crippen LogP contribution in [0.1, 0.15) is 12.0 Å². The van der Waals surface area contributed by atoms with Crippen LogP contribution in [0.5, 0.6) is 5.75 Å². The molecular weight excluding hydrogens is 231 g/mol. The number of sulfone groups is 1. The second kappa shape index (κ2) is 5.30. The molecule has 0 saturated heterocycles. The number of ether oxygens (including phenoxy) is 1. The Hall–Kier alpha value is -1.10. The number of benzene rings is 1. The summed E-state index contributed by atoms with van der Waals surface area (Å²) in [5.41, 5.74) is 0.834. The Morgan fingerprint density at radius 2 is 2.06 bits per heavy atom. The predicted molar refractivity (Wildman–Crippen MR) is 61.0 cm³/mol. The molecule has 5 heteroatoms. The number of rotatable bonds is 5. The van der Waals surface area contributed by atoms with Crippen LogP contribution >= 0.6 is 0 Å². The molecule has 1 aromatic rings. The van der Waals surface area contributed by atoms with E-state index < -0.39 is 9.84 Å². The zero-order chi connectivity index (χ0) is 12.2. The highest BCUT2D eigenvalue weighted by Crippen LogP contribution is 2.18. The molecule has 0 aliphatic carbocycles. The lowest BCUT2D eigenvalue weighted by atomic mass is 10.2. The average molecular weight is 246 g/mol. The Bertz CT molecular complexity index is 454. The predicted octanol–water partition coefficient (Wildman–Crippen LogP) is 1.95. The first kappa shape index (κ1) is 13.0. The zero-order valence-corrected chi connectivity index (χ0v) is 10.2. The summed E-state index contributed by atoms with van der Waals surface area (Å²) in [5, 5.41) is 0. The Morgan fingerprint density at radius 1 is 1.38 bits per heavy atom. The molecule has 90 valence electrons. The van der Waals surface area contributed by atoms with Crippen LogP contribution in [0.25, 0.3) is 0 Å². The summed E-state index contributed by atoms with van der Waals surface area (Å²) >= 11 is 0. The minimum Gasteiger partial charge on any atom is -0.493 e. The highest BCUT2D eigenvalue weighted by atomic mass is 32.2. The van der Waals surface area contributed by atoms with Gasteiger partial charge >= 0.3 is 0 Å². The molecule has 0 unspecified atom stereocenters. The minimum atomic E-state index is -2.95. The van der Waals surface area contributed by atoms with Gasteiger partial charge in [-0.05, 0) is 25.0 Å². The molecule has 3 nitrogen and oxygen atoms in total. The molecule has 0 spiro atoms. The SMILES string of the molecule is Cc1ccc(F)cc1OCCCS(C)(=O)=O. The van der Waals surface area contributed by atoms with Gasteiger partial charge in [0.05, 0.1) is 12.4 Å². The zero-order valence-electron chi connectivity index (χ0n) is 9.36. The van der Waals surface area contributed by atoms with E-state index in [1.807, 2.05) is 6.92 Å². The molecule has 0 aliphatic heterocycles. The molecule has 0 bridgehead atoms. The van der Waals surface area contributed by atoms with Gasteiger partial charge in [-0.3, -0.25) is 0 Å². The van der Waals surface area contributed by atoms with Crippen LogP contribution in [-0.2, 0) is 9.84 Å². The van der Waals surface area contributed by atoms with E-state index in [0.29, 0.717) is 12.2 Å². The molecule has 0 N–H and O–H groups in total. The summed E-state index contributed by atoms with van der Waals surface area (Å²) in [7, 11) is -2.95. The lowest BCUT2D eigenvalue weighted by molar-refractivity contribution is 0.314. The van der Waals surface area contributed by atoms with E-state index in [2.05, 4.69) is 0 Å². The maximum Gasteiger partial charge on any atom is 0.147 e. The molecule has 0 aromatic heterocycles. The maximum absolute atomic E-state index is 12.9. The van der Waals surface area contributed by atoms with Crippen LogP contribution in [0, 0.1) is 12.7 Å². The summed E-state index contributed by atoms with van der Waals surface area (Å²) in [6, 6.07) is 4.29. The number of halogens is 1. The fourth-order valence-electron chi connectivity index (χ4n) is 1.23. The molecule has 0 aliphatic rings. The van der Waals surface area contributed by atoms with E-state index in [1.54, 1.807) is 6.07 Å². The van der Waals surface area contributed by atoms with E-state index in [4.69, 9.17) is 4.74 Å². The lowest BCUT2D eigenvalue weighted by Gasteiger charge is -2.08. The average Bonchev–Trinajstić information content (AvgIpc) is 2.16. The molecular formula is C11H15FO3S. The molecule has 0 amide bonds. The third-order valence-electron chi connectivity index (χ3n) is 2.07. The first-order valence-electron chi connectivity index (χ1n) is 4.95. The van der Waals surface area contributed by atoms with Crippen LogP contribution in [0.2, 0.25) is 0 Å². The Kier molecular flexibility index (Phi) is 4.29. The van der Waals surface area contributed by atoms with Crippen molar-refractivity contribution in [3.63, 3.8) is 0 Å². The van der Waals surface area contributed by atoms with Gasteiger partial charge in [0.25, 0.3) is 0 Å². The first-order valence-corrected chi connectivity index (χ1v) is 7.01. The number of aryl methyl sites for hydroxylation is 1. The highest BCUT2D eigenvalue weighted by molar-refractivity contribution is 7.90. The summed E-state index contributed by atoms with van der Waals surface area (Å²) in [4.78, 5) is 0. The molecule has 0 atom stereocenters. The van der Waals surface area contributed by atoms with Gasteiger partial charge in [0.15, 0.2) is 0 Å². The van der Waals surface area contributed by atoms with E-state index in [9.17, 15) is 12.8 Å². The highest BCUT2D eigenvalue weighted by Gasteiger charge is 2.04. The van der Waals surface area contributed by atoms with Gasteiger partial charge in [-0.25, -0.2) is 12.8 Å². The fourth-order valence-corrected chi connectivity index (χ4v) is 1.87. The largest absolute Gasteiger partial charge is 0.493 e. The van der Waals surface area contributed by atoms with Crippen LogP contribution < -0.4 is 4.74 Å². The second-order valence-electron chi connectivity index (χ2n) is 3.74. The monoisotopic (exact) mass is 246 g/mol. The van der Waals surface area contributed by atoms with Crippen molar-refractivity contribution in [1.82, 2.24) is 0 Å². The first-order chi connectivity index (χ1) is 7.38. The molecule has 0 heterocycles. The topological polar surface area (TPSA) is 43.4 Å². The quantitative estimate of drug-likeness (QED) is 0.746. The van der Waals surface area contributed by atoms with Gasteiger partial charge in [-0.2, -0.15) is 0 Å². The summed E-state index contributed by atoms with van der Waals surface area (Å²) in [6.07, 6.45) is 1.59. The van der Waals surface area contributed by atoms with Crippen molar-refractivity contribution in [1.29, 1.82) is 0 Å². The van der Waals surface area contributed by atoms with Gasteiger partial charge in [0.2, 0.25) is 0 Å². The summed E-state index contributed by atoms with van der Waals surface area (Å²) in [5.74, 6) is 0.193. The Labute approximate surface area is 95.2 Å². The van der Waals surface area contributed by atoms with E-state index in [1.165, 1.54) is 18.4 Å². The van der Waals surface area contributed by atoms with Gasteiger partial charge in [0, 0.05) is 12.3 Å². The number of hydrogen-bond donors (Lipinski definition) is 0. The third-order valence-corrected chi connectivity index (χ3v) is 3.10. The number of hydrogen-bond acceptors (Lipinski definition) is 3. The van der Waals surface area contributed by atoms with Crippen molar-refractivity contribution in [3.8, 4) is 5.75 Å². The van der Waals surface area contributed by atoms with Crippen molar-refractivity contribution in [2.45, 2.75) is 13.3 Å². The molecule has 0 radical (unpaired) electrons. The summed E-state index contributed by atoms with van der Waals surface area (Å²) in [6.45, 7) is 2.09. The van der Waals surface area contributed by atoms with Crippen molar-refractivity contribution in [2.75, 3.05) is 18.6 Å². The standard InChI is InChI=1S/C11H15FO3S/c1-9-4-5-10(12)8-11(9)15-6-3-7-16(2,13)14/h4-5,8H,3,6-7H2,1-2H3. The molecule has 1 aromatic carbocycles. The van der Waals surface area contributed by atoms with Crippen LogP contribution in [0.15, 0.2) is 18.2 Å². The van der Waals surface area contributed by atoms with Crippen molar-refractivity contribution in [3.05, 3.63) is 29.6 Å². The second-order valence-corrected chi connectivity index (χ2v) is 6.00. The minimum absolute atomic E-state index is 0.0847. The van der Waals surface area contributed by atoms with Crippen molar-refractivity contribution >= 4 is 9.84 Å². The Balaban J connectivity index is 2.46. The molecule has 0 fully saturated rings. The molecule has 0 saturated carbocycles. The Morgan fingerprint density at radius 3 is 2.69 bits per heavy atom. The van der Waals surface area contributed by atoms with Crippen LogP contribution in [0.4, 0.5) is 4.39 Å². The molecule has 1 rings (SSSR count). The maximum atomic E-state index is 12.9. The lowest BCUT2D eigenvalue weighted by Crippen LogP contribution is -2.08. The summed E-state index contributed by atoms with van der Waals surface area (Å²) < 4.78 is 39.9. The smallest absolute Gasteiger partial charge is 0.147 e. The van der Waals surface area contributed by atoms with Gasteiger partial charge in [0.1, 0.15) is 21.4 Å². The van der Waals surface area contributed by atoms with Crippen molar-refractivity contribution < 1.29 is 17.5 Å². The van der Waals surface area contributed by atoms with Crippen molar-refractivity contribution in [2.24, 2.45) is 0 Å².